The number of hydrogen-bond donors (Lipinski definition) is 1. The molecule has 0 aliphatic rings. The molecule has 0 spiro atoms. The fourth-order valence-electron chi connectivity index (χ4n) is 2.95. The zero-order valence-corrected chi connectivity index (χ0v) is 17.5. The minimum Gasteiger partial charge on any atom is -0.463 e. The molecule has 1 N–H and O–H groups in total. The van der Waals surface area contributed by atoms with Gasteiger partial charge in [-0.15, -0.1) is 5.10 Å². The first-order valence-corrected chi connectivity index (χ1v) is 9.65. The van der Waals surface area contributed by atoms with E-state index in [0.717, 1.165) is 22.4 Å². The van der Waals surface area contributed by atoms with Crippen molar-refractivity contribution in [1.82, 2.24) is 15.0 Å². The summed E-state index contributed by atoms with van der Waals surface area (Å²) < 4.78 is 4.85. The van der Waals surface area contributed by atoms with E-state index < -0.39 is 5.97 Å². The van der Waals surface area contributed by atoms with Crippen molar-refractivity contribution < 1.29 is 14.3 Å². The number of aromatic nitrogens is 3. The fourth-order valence-corrected chi connectivity index (χ4v) is 2.95. The monoisotopic (exact) mass is 404 g/mol. The van der Waals surface area contributed by atoms with Crippen molar-refractivity contribution in [3.05, 3.63) is 76.6 Å². The van der Waals surface area contributed by atoms with Crippen LogP contribution in [0.15, 0.2) is 48.5 Å². The zero-order chi connectivity index (χ0) is 21.7. The second kappa shape index (κ2) is 9.17. The number of esters is 1. The number of anilines is 1. The van der Waals surface area contributed by atoms with Crippen LogP contribution in [0.2, 0.25) is 0 Å². The SMILES string of the molecule is CCOC(=O)C=Cc1ccc(NC(=O)c2nn(-c3ccc(C)cc3C)nc2C)cc1. The van der Waals surface area contributed by atoms with E-state index in [1.165, 1.54) is 10.9 Å². The standard InChI is InChI=1S/C23H24N4O3/c1-5-30-21(28)13-9-18-7-10-19(11-8-18)24-23(29)22-17(4)25-27(26-22)20-12-6-15(2)14-16(20)3/h6-14H,5H2,1-4H3,(H,24,29). The van der Waals surface area contributed by atoms with E-state index in [4.69, 9.17) is 4.74 Å². The lowest BCUT2D eigenvalue weighted by atomic mass is 10.1. The number of aryl methyl sites for hydroxylation is 3. The Bertz CT molecular complexity index is 1100. The molecule has 0 saturated carbocycles. The van der Waals surface area contributed by atoms with Crippen molar-refractivity contribution >= 4 is 23.6 Å². The lowest BCUT2D eigenvalue weighted by Crippen LogP contribution is -2.14. The molecule has 154 valence electrons. The molecular weight excluding hydrogens is 380 g/mol. The summed E-state index contributed by atoms with van der Waals surface area (Å²) in [5.41, 5.74) is 5.26. The number of carbonyl (C=O) groups is 2. The van der Waals surface area contributed by atoms with Gasteiger partial charge in [0, 0.05) is 11.8 Å². The molecule has 7 heteroatoms. The summed E-state index contributed by atoms with van der Waals surface area (Å²) in [4.78, 5) is 25.6. The van der Waals surface area contributed by atoms with Crippen LogP contribution >= 0.6 is 0 Å². The van der Waals surface area contributed by atoms with Crippen LogP contribution in [-0.2, 0) is 9.53 Å². The second-order valence-corrected chi connectivity index (χ2v) is 6.87. The first-order valence-electron chi connectivity index (χ1n) is 9.65. The fraction of sp³-hybridized carbons (Fsp3) is 0.217. The Hall–Kier alpha value is -3.74. The van der Waals surface area contributed by atoms with Crippen LogP contribution in [0.5, 0.6) is 0 Å². The van der Waals surface area contributed by atoms with Crippen LogP contribution in [-0.4, -0.2) is 33.5 Å². The Balaban J connectivity index is 1.72. The number of benzene rings is 2. The normalized spacial score (nSPS) is 10.9. The largest absolute Gasteiger partial charge is 0.463 e. The van der Waals surface area contributed by atoms with E-state index >= 15 is 0 Å². The Labute approximate surface area is 175 Å². The van der Waals surface area contributed by atoms with E-state index in [1.54, 1.807) is 44.2 Å². The Morgan fingerprint density at radius 1 is 1.07 bits per heavy atom. The lowest BCUT2D eigenvalue weighted by Gasteiger charge is -2.05. The van der Waals surface area contributed by atoms with Crippen LogP contribution in [0.1, 0.15) is 39.8 Å². The summed E-state index contributed by atoms with van der Waals surface area (Å²) in [6.45, 7) is 7.85. The molecule has 2 aromatic carbocycles. The van der Waals surface area contributed by atoms with Crippen molar-refractivity contribution in [2.45, 2.75) is 27.7 Å². The molecule has 0 radical (unpaired) electrons. The molecule has 0 unspecified atom stereocenters. The third-order valence-electron chi connectivity index (χ3n) is 4.43. The minimum absolute atomic E-state index is 0.265. The second-order valence-electron chi connectivity index (χ2n) is 6.87. The molecule has 0 atom stereocenters. The van der Waals surface area contributed by atoms with E-state index in [-0.39, 0.29) is 11.6 Å². The number of carbonyl (C=O) groups excluding carboxylic acids is 2. The van der Waals surface area contributed by atoms with Gasteiger partial charge in [0.15, 0.2) is 5.69 Å². The highest BCUT2D eigenvalue weighted by Crippen LogP contribution is 2.17. The Kier molecular flexibility index (Phi) is 6.41. The summed E-state index contributed by atoms with van der Waals surface area (Å²) >= 11 is 0. The third-order valence-corrected chi connectivity index (χ3v) is 4.43. The maximum atomic E-state index is 12.7. The van der Waals surface area contributed by atoms with Crippen molar-refractivity contribution in [3.63, 3.8) is 0 Å². The van der Waals surface area contributed by atoms with E-state index in [2.05, 4.69) is 15.5 Å². The van der Waals surface area contributed by atoms with Crippen molar-refractivity contribution in [3.8, 4) is 5.69 Å². The first-order chi connectivity index (χ1) is 14.4. The van der Waals surface area contributed by atoms with Gasteiger partial charge in [-0.2, -0.15) is 9.90 Å². The van der Waals surface area contributed by atoms with Crippen LogP contribution in [0.4, 0.5) is 5.69 Å². The number of rotatable bonds is 6. The van der Waals surface area contributed by atoms with Crippen molar-refractivity contribution in [1.29, 1.82) is 0 Å². The van der Waals surface area contributed by atoms with Crippen LogP contribution < -0.4 is 5.32 Å². The van der Waals surface area contributed by atoms with E-state index in [0.29, 0.717) is 18.0 Å². The number of nitrogens with zero attached hydrogens (tertiary/aromatic N) is 3. The van der Waals surface area contributed by atoms with Gasteiger partial charge in [0.05, 0.1) is 18.0 Å². The molecule has 0 saturated heterocycles. The third kappa shape index (κ3) is 5.00. The van der Waals surface area contributed by atoms with Gasteiger partial charge < -0.3 is 10.1 Å². The van der Waals surface area contributed by atoms with Crippen LogP contribution in [0.3, 0.4) is 0 Å². The summed E-state index contributed by atoms with van der Waals surface area (Å²) in [6, 6.07) is 13.1. The number of amides is 1. The van der Waals surface area contributed by atoms with Gasteiger partial charge in [-0.05, 0) is 63.1 Å². The highest BCUT2D eigenvalue weighted by atomic mass is 16.5. The van der Waals surface area contributed by atoms with Gasteiger partial charge in [0.25, 0.3) is 5.91 Å². The molecule has 1 amide bonds. The highest BCUT2D eigenvalue weighted by molar-refractivity contribution is 6.03. The molecule has 0 aliphatic carbocycles. The predicted molar refractivity (Wildman–Crippen MR) is 116 cm³/mol. The molecule has 0 aliphatic heterocycles. The number of hydrogen-bond acceptors (Lipinski definition) is 5. The number of nitrogens with one attached hydrogen (secondary N) is 1. The molecule has 0 fully saturated rings. The van der Waals surface area contributed by atoms with Gasteiger partial charge in [0.2, 0.25) is 0 Å². The molecule has 1 aromatic heterocycles. The lowest BCUT2D eigenvalue weighted by molar-refractivity contribution is -0.137. The Morgan fingerprint density at radius 2 is 1.80 bits per heavy atom. The zero-order valence-electron chi connectivity index (χ0n) is 17.5. The highest BCUT2D eigenvalue weighted by Gasteiger charge is 2.17. The van der Waals surface area contributed by atoms with Gasteiger partial charge in [-0.25, -0.2) is 4.79 Å². The van der Waals surface area contributed by atoms with E-state index in [1.807, 2.05) is 32.0 Å². The van der Waals surface area contributed by atoms with Crippen molar-refractivity contribution in [2.75, 3.05) is 11.9 Å². The van der Waals surface area contributed by atoms with Crippen LogP contribution in [0.25, 0.3) is 11.8 Å². The molecule has 1 heterocycles. The molecular formula is C23H24N4O3. The molecule has 0 bridgehead atoms. The number of ether oxygens (including phenoxy) is 1. The summed E-state index contributed by atoms with van der Waals surface area (Å²) in [7, 11) is 0. The quantitative estimate of drug-likeness (QED) is 0.495. The minimum atomic E-state index is -0.391. The smallest absolute Gasteiger partial charge is 0.330 e. The summed E-state index contributed by atoms with van der Waals surface area (Å²) in [5, 5.41) is 11.6. The molecule has 3 rings (SSSR count). The Morgan fingerprint density at radius 3 is 2.47 bits per heavy atom. The van der Waals surface area contributed by atoms with Gasteiger partial charge in [-0.3, -0.25) is 4.79 Å². The van der Waals surface area contributed by atoms with Gasteiger partial charge >= 0.3 is 5.97 Å². The average molecular weight is 404 g/mol. The average Bonchev–Trinajstić information content (AvgIpc) is 3.09. The summed E-state index contributed by atoms with van der Waals surface area (Å²) in [6.07, 6.45) is 3.02. The molecule has 3 aromatic rings. The van der Waals surface area contributed by atoms with Gasteiger partial charge in [0.1, 0.15) is 0 Å². The van der Waals surface area contributed by atoms with Crippen molar-refractivity contribution in [2.24, 2.45) is 0 Å². The van der Waals surface area contributed by atoms with E-state index in [9.17, 15) is 9.59 Å². The summed E-state index contributed by atoms with van der Waals surface area (Å²) in [5.74, 6) is -0.726. The van der Waals surface area contributed by atoms with Gasteiger partial charge in [-0.1, -0.05) is 29.8 Å². The first kappa shape index (κ1) is 21.0. The predicted octanol–water partition coefficient (Wildman–Crippen LogP) is 4.02. The maximum Gasteiger partial charge on any atom is 0.330 e. The van der Waals surface area contributed by atoms with Crippen LogP contribution in [0, 0.1) is 20.8 Å². The molecule has 7 nitrogen and oxygen atoms in total. The topological polar surface area (TPSA) is 86.1 Å². The maximum absolute atomic E-state index is 12.7. The molecule has 30 heavy (non-hydrogen) atoms.